The third kappa shape index (κ3) is 2.97. The lowest BCUT2D eigenvalue weighted by atomic mass is 10.1. The van der Waals surface area contributed by atoms with Crippen LogP contribution in [-0.4, -0.2) is 21.7 Å². The normalized spacial score (nSPS) is 10.8. The van der Waals surface area contributed by atoms with Crippen molar-refractivity contribution in [2.24, 2.45) is 0 Å². The molecule has 0 aromatic heterocycles. The van der Waals surface area contributed by atoms with Crippen LogP contribution in [0.4, 0.5) is 4.79 Å². The van der Waals surface area contributed by atoms with Crippen molar-refractivity contribution in [3.05, 3.63) is 54.6 Å². The summed E-state index contributed by atoms with van der Waals surface area (Å²) in [6.45, 7) is 0. The SMILES string of the molecule is COC(=O)OS(=O)(=O)c1ccccc1-c1ccccc1. The van der Waals surface area contributed by atoms with E-state index < -0.39 is 16.3 Å². The molecule has 0 aliphatic heterocycles. The van der Waals surface area contributed by atoms with Crippen molar-refractivity contribution < 1.29 is 22.1 Å². The molecule has 0 saturated carbocycles. The zero-order chi connectivity index (χ0) is 14.6. The van der Waals surface area contributed by atoms with Crippen molar-refractivity contribution in [3.63, 3.8) is 0 Å². The average molecular weight is 292 g/mol. The standard InChI is InChI=1S/C14H12O5S/c1-18-14(15)19-20(16,17)13-10-6-5-9-12(13)11-7-3-2-4-8-11/h2-10H,1H3. The fourth-order valence-corrected chi connectivity index (χ4v) is 2.75. The van der Waals surface area contributed by atoms with Crippen molar-refractivity contribution in [2.45, 2.75) is 4.90 Å². The van der Waals surface area contributed by atoms with Gasteiger partial charge in [0.2, 0.25) is 0 Å². The number of benzene rings is 2. The van der Waals surface area contributed by atoms with Gasteiger partial charge in [-0.3, -0.25) is 0 Å². The highest BCUT2D eigenvalue weighted by atomic mass is 32.2. The van der Waals surface area contributed by atoms with E-state index in [4.69, 9.17) is 0 Å². The smallest absolute Gasteiger partial charge is 0.437 e. The predicted octanol–water partition coefficient (Wildman–Crippen LogP) is 2.83. The molecular formula is C14H12O5S. The Morgan fingerprint density at radius 2 is 1.55 bits per heavy atom. The average Bonchev–Trinajstić information content (AvgIpc) is 2.47. The molecule has 0 heterocycles. The molecule has 0 saturated heterocycles. The third-order valence-corrected chi connectivity index (χ3v) is 3.84. The number of carbonyl (C=O) groups excluding carboxylic acids is 1. The third-order valence-electron chi connectivity index (χ3n) is 2.59. The van der Waals surface area contributed by atoms with E-state index in [9.17, 15) is 13.2 Å². The maximum Gasteiger partial charge on any atom is 0.524 e. The Balaban J connectivity index is 2.51. The first-order chi connectivity index (χ1) is 9.54. The fourth-order valence-electron chi connectivity index (χ4n) is 1.71. The van der Waals surface area contributed by atoms with Crippen molar-refractivity contribution in [2.75, 3.05) is 7.11 Å². The molecule has 0 amide bonds. The van der Waals surface area contributed by atoms with Crippen LogP contribution in [0.2, 0.25) is 0 Å². The van der Waals surface area contributed by atoms with Gasteiger partial charge in [-0.25, -0.2) is 4.79 Å². The van der Waals surface area contributed by atoms with Crippen LogP contribution in [0.3, 0.4) is 0 Å². The Hall–Kier alpha value is -2.34. The van der Waals surface area contributed by atoms with Gasteiger partial charge in [-0.1, -0.05) is 48.5 Å². The van der Waals surface area contributed by atoms with Crippen molar-refractivity contribution >= 4 is 16.3 Å². The predicted molar refractivity (Wildman–Crippen MR) is 72.6 cm³/mol. The maximum atomic E-state index is 12.1. The highest BCUT2D eigenvalue weighted by Gasteiger charge is 2.24. The molecule has 0 spiro atoms. The number of carbonyl (C=O) groups is 1. The van der Waals surface area contributed by atoms with Crippen LogP contribution in [0.5, 0.6) is 0 Å². The van der Waals surface area contributed by atoms with E-state index in [0.29, 0.717) is 11.1 Å². The van der Waals surface area contributed by atoms with Crippen molar-refractivity contribution in [1.82, 2.24) is 0 Å². The van der Waals surface area contributed by atoms with Crippen LogP contribution >= 0.6 is 0 Å². The second-order valence-corrected chi connectivity index (χ2v) is 5.37. The highest BCUT2D eigenvalue weighted by molar-refractivity contribution is 7.87. The number of rotatable bonds is 3. The van der Waals surface area contributed by atoms with Gasteiger partial charge in [-0.05, 0) is 11.6 Å². The lowest BCUT2D eigenvalue weighted by molar-refractivity contribution is 0.124. The molecule has 0 fully saturated rings. The van der Waals surface area contributed by atoms with Gasteiger partial charge in [0.25, 0.3) is 0 Å². The lowest BCUT2D eigenvalue weighted by Crippen LogP contribution is -2.14. The van der Waals surface area contributed by atoms with Gasteiger partial charge in [0.05, 0.1) is 7.11 Å². The summed E-state index contributed by atoms with van der Waals surface area (Å²) in [6, 6.07) is 15.2. The Morgan fingerprint density at radius 3 is 2.20 bits per heavy atom. The second-order valence-electron chi connectivity index (χ2n) is 3.85. The topological polar surface area (TPSA) is 69.7 Å². The molecule has 0 atom stereocenters. The first-order valence-corrected chi connectivity index (χ1v) is 7.12. The number of methoxy groups -OCH3 is 1. The maximum absolute atomic E-state index is 12.1. The molecule has 0 unspecified atom stereocenters. The molecular weight excluding hydrogens is 280 g/mol. The zero-order valence-electron chi connectivity index (χ0n) is 10.6. The van der Waals surface area contributed by atoms with Gasteiger partial charge >= 0.3 is 16.3 Å². The lowest BCUT2D eigenvalue weighted by Gasteiger charge is -2.09. The van der Waals surface area contributed by atoms with E-state index in [0.717, 1.165) is 7.11 Å². The Kier molecular flexibility index (Phi) is 4.05. The summed E-state index contributed by atoms with van der Waals surface area (Å²) < 4.78 is 32.7. The van der Waals surface area contributed by atoms with Gasteiger partial charge in [0, 0.05) is 5.56 Å². The quantitative estimate of drug-likeness (QED) is 0.642. The van der Waals surface area contributed by atoms with Crippen LogP contribution in [0.25, 0.3) is 11.1 Å². The van der Waals surface area contributed by atoms with E-state index in [1.54, 1.807) is 42.5 Å². The molecule has 0 bridgehead atoms. The molecule has 0 radical (unpaired) electrons. The first kappa shape index (κ1) is 14.1. The molecule has 0 N–H and O–H groups in total. The van der Waals surface area contributed by atoms with E-state index in [1.807, 2.05) is 6.07 Å². The number of ether oxygens (including phenoxy) is 1. The van der Waals surface area contributed by atoms with Crippen LogP contribution < -0.4 is 0 Å². The largest absolute Gasteiger partial charge is 0.524 e. The minimum Gasteiger partial charge on any atom is -0.437 e. The van der Waals surface area contributed by atoms with Crippen molar-refractivity contribution in [1.29, 1.82) is 0 Å². The molecule has 2 rings (SSSR count). The molecule has 0 aliphatic carbocycles. The number of hydrogen-bond acceptors (Lipinski definition) is 5. The van der Waals surface area contributed by atoms with E-state index in [2.05, 4.69) is 8.92 Å². The molecule has 6 heteroatoms. The van der Waals surface area contributed by atoms with Crippen LogP contribution in [0.1, 0.15) is 0 Å². The summed E-state index contributed by atoms with van der Waals surface area (Å²) in [5.74, 6) is 0. The van der Waals surface area contributed by atoms with Gasteiger partial charge in [0.1, 0.15) is 4.90 Å². The molecule has 2 aromatic rings. The number of hydrogen-bond donors (Lipinski definition) is 0. The Labute approximate surface area is 116 Å². The summed E-state index contributed by atoms with van der Waals surface area (Å²) in [4.78, 5) is 10.9. The zero-order valence-corrected chi connectivity index (χ0v) is 11.5. The van der Waals surface area contributed by atoms with Gasteiger partial charge in [0.15, 0.2) is 0 Å². The van der Waals surface area contributed by atoms with Gasteiger partial charge < -0.3 is 8.92 Å². The summed E-state index contributed by atoms with van der Waals surface area (Å²) >= 11 is 0. The summed E-state index contributed by atoms with van der Waals surface area (Å²) in [6.07, 6.45) is -1.27. The van der Waals surface area contributed by atoms with Crippen LogP contribution in [-0.2, 0) is 19.0 Å². The summed E-state index contributed by atoms with van der Waals surface area (Å²) in [5, 5.41) is 0. The summed E-state index contributed by atoms with van der Waals surface area (Å²) in [7, 11) is -3.18. The summed E-state index contributed by atoms with van der Waals surface area (Å²) in [5.41, 5.74) is 1.16. The molecule has 20 heavy (non-hydrogen) atoms. The second kappa shape index (κ2) is 5.75. The molecule has 0 aliphatic rings. The minimum absolute atomic E-state index is 0.0865. The molecule has 5 nitrogen and oxygen atoms in total. The minimum atomic E-state index is -4.22. The van der Waals surface area contributed by atoms with Gasteiger partial charge in [-0.2, -0.15) is 8.42 Å². The van der Waals surface area contributed by atoms with Crippen LogP contribution in [0.15, 0.2) is 59.5 Å². The molecule has 2 aromatic carbocycles. The van der Waals surface area contributed by atoms with E-state index in [1.165, 1.54) is 6.07 Å². The van der Waals surface area contributed by atoms with Gasteiger partial charge in [-0.15, -0.1) is 0 Å². The van der Waals surface area contributed by atoms with E-state index >= 15 is 0 Å². The van der Waals surface area contributed by atoms with Crippen molar-refractivity contribution in [3.8, 4) is 11.1 Å². The Morgan fingerprint density at radius 1 is 0.950 bits per heavy atom. The first-order valence-electron chi connectivity index (χ1n) is 5.71. The van der Waals surface area contributed by atoms with Crippen LogP contribution in [0, 0.1) is 0 Å². The fraction of sp³-hybridized carbons (Fsp3) is 0.0714. The molecule has 104 valence electrons. The van der Waals surface area contributed by atoms with E-state index in [-0.39, 0.29) is 4.90 Å². The monoisotopic (exact) mass is 292 g/mol. The highest BCUT2D eigenvalue weighted by Crippen LogP contribution is 2.28. The Bertz CT molecular complexity index is 707.